The highest BCUT2D eigenvalue weighted by Gasteiger charge is 2.34. The van der Waals surface area contributed by atoms with E-state index in [0.717, 1.165) is 23.3 Å². The highest BCUT2D eigenvalue weighted by atomic mass is 15.0. The summed E-state index contributed by atoms with van der Waals surface area (Å²) in [5.41, 5.74) is 1.51. The summed E-state index contributed by atoms with van der Waals surface area (Å²) < 4.78 is 0. The average Bonchev–Trinajstić information content (AvgIpc) is 2.38. The maximum absolute atomic E-state index is 4.38. The van der Waals surface area contributed by atoms with Crippen molar-refractivity contribution in [1.29, 1.82) is 0 Å². The van der Waals surface area contributed by atoms with Crippen LogP contribution in [0.3, 0.4) is 0 Å². The Labute approximate surface area is 108 Å². The van der Waals surface area contributed by atoms with Crippen molar-refractivity contribution in [3.05, 3.63) is 30.6 Å². The van der Waals surface area contributed by atoms with E-state index in [9.17, 15) is 0 Å². The van der Waals surface area contributed by atoms with Crippen molar-refractivity contribution in [2.45, 2.75) is 32.6 Å². The number of benzene rings is 1. The lowest BCUT2D eigenvalue weighted by Gasteiger charge is -2.41. The molecule has 3 heteroatoms. The lowest BCUT2D eigenvalue weighted by Crippen LogP contribution is -2.36. The van der Waals surface area contributed by atoms with E-state index in [2.05, 4.69) is 28.3 Å². The summed E-state index contributed by atoms with van der Waals surface area (Å²) >= 11 is 0. The number of aromatic nitrogens is 2. The Morgan fingerprint density at radius 3 is 2.78 bits per heavy atom. The number of para-hydroxylation sites is 1. The first-order valence-corrected chi connectivity index (χ1v) is 6.77. The lowest BCUT2D eigenvalue weighted by atomic mass is 9.67. The van der Waals surface area contributed by atoms with E-state index in [4.69, 9.17) is 0 Å². The number of hydrogen-bond acceptors (Lipinski definition) is 3. The second-order valence-electron chi connectivity index (χ2n) is 5.30. The zero-order valence-electron chi connectivity index (χ0n) is 10.8. The van der Waals surface area contributed by atoms with Crippen molar-refractivity contribution in [2.75, 3.05) is 11.9 Å². The van der Waals surface area contributed by atoms with Gasteiger partial charge in [-0.05, 0) is 36.8 Å². The second-order valence-corrected chi connectivity index (χ2v) is 5.30. The van der Waals surface area contributed by atoms with Gasteiger partial charge in [0, 0.05) is 11.9 Å². The standard InChI is InChI=1S/C15H19N3/c1-2-15(8-5-9-15)10-16-14-12-6-3-4-7-13(12)17-11-18-14/h3-4,6-7,11H,2,5,8-10H2,1H3,(H,16,17,18). The Kier molecular flexibility index (Phi) is 2.90. The molecule has 1 aliphatic carbocycles. The maximum atomic E-state index is 4.38. The molecule has 3 rings (SSSR count). The van der Waals surface area contributed by atoms with Gasteiger partial charge >= 0.3 is 0 Å². The molecular formula is C15H19N3. The van der Waals surface area contributed by atoms with E-state index in [1.54, 1.807) is 6.33 Å². The zero-order valence-corrected chi connectivity index (χ0v) is 10.8. The molecule has 0 amide bonds. The molecule has 1 fully saturated rings. The summed E-state index contributed by atoms with van der Waals surface area (Å²) in [6, 6.07) is 8.16. The van der Waals surface area contributed by atoms with Gasteiger partial charge in [0.1, 0.15) is 12.1 Å². The lowest BCUT2D eigenvalue weighted by molar-refractivity contribution is 0.145. The van der Waals surface area contributed by atoms with E-state index in [1.165, 1.54) is 25.7 Å². The Balaban J connectivity index is 1.82. The predicted octanol–water partition coefficient (Wildman–Crippen LogP) is 3.62. The van der Waals surface area contributed by atoms with Gasteiger partial charge in [-0.2, -0.15) is 0 Å². The van der Waals surface area contributed by atoms with Crippen LogP contribution in [0.5, 0.6) is 0 Å². The van der Waals surface area contributed by atoms with Crippen molar-refractivity contribution in [3.63, 3.8) is 0 Å². The van der Waals surface area contributed by atoms with Crippen molar-refractivity contribution in [3.8, 4) is 0 Å². The van der Waals surface area contributed by atoms with Crippen LogP contribution in [0.1, 0.15) is 32.6 Å². The number of rotatable bonds is 4. The zero-order chi connectivity index (χ0) is 12.4. The molecule has 1 aromatic heterocycles. The van der Waals surface area contributed by atoms with Crippen LogP contribution in [0.2, 0.25) is 0 Å². The summed E-state index contributed by atoms with van der Waals surface area (Å²) in [7, 11) is 0. The van der Waals surface area contributed by atoms with Gasteiger partial charge in [-0.15, -0.1) is 0 Å². The molecule has 0 atom stereocenters. The molecule has 94 valence electrons. The van der Waals surface area contributed by atoms with Gasteiger partial charge < -0.3 is 5.32 Å². The minimum Gasteiger partial charge on any atom is -0.369 e. The van der Waals surface area contributed by atoms with Crippen molar-refractivity contribution in [2.24, 2.45) is 5.41 Å². The minimum atomic E-state index is 0.506. The van der Waals surface area contributed by atoms with E-state index in [-0.39, 0.29) is 0 Å². The fraction of sp³-hybridized carbons (Fsp3) is 0.467. The van der Waals surface area contributed by atoms with Gasteiger partial charge in [0.05, 0.1) is 5.52 Å². The molecule has 0 bridgehead atoms. The van der Waals surface area contributed by atoms with Crippen molar-refractivity contribution < 1.29 is 0 Å². The first-order valence-electron chi connectivity index (χ1n) is 6.77. The molecule has 1 heterocycles. The summed E-state index contributed by atoms with van der Waals surface area (Å²) in [5, 5.41) is 4.65. The third-order valence-corrected chi connectivity index (χ3v) is 4.34. The summed E-state index contributed by atoms with van der Waals surface area (Å²) in [5.74, 6) is 0.973. The number of nitrogens with one attached hydrogen (secondary N) is 1. The molecule has 2 aromatic rings. The average molecular weight is 241 g/mol. The summed E-state index contributed by atoms with van der Waals surface area (Å²) in [6.07, 6.45) is 6.96. The first-order chi connectivity index (χ1) is 8.83. The smallest absolute Gasteiger partial charge is 0.137 e. The van der Waals surface area contributed by atoms with Gasteiger partial charge in [0.15, 0.2) is 0 Å². The predicted molar refractivity (Wildman–Crippen MR) is 74.6 cm³/mol. The van der Waals surface area contributed by atoms with Gasteiger partial charge in [0.25, 0.3) is 0 Å². The van der Waals surface area contributed by atoms with E-state index >= 15 is 0 Å². The Morgan fingerprint density at radius 2 is 2.06 bits per heavy atom. The van der Waals surface area contributed by atoms with Crippen LogP contribution in [0.4, 0.5) is 5.82 Å². The number of nitrogens with zero attached hydrogens (tertiary/aromatic N) is 2. The van der Waals surface area contributed by atoms with Crippen LogP contribution in [0.25, 0.3) is 10.9 Å². The van der Waals surface area contributed by atoms with Crippen molar-refractivity contribution >= 4 is 16.7 Å². The number of anilines is 1. The highest BCUT2D eigenvalue weighted by Crippen LogP contribution is 2.43. The van der Waals surface area contributed by atoms with Gasteiger partial charge in [-0.3, -0.25) is 0 Å². The number of hydrogen-bond donors (Lipinski definition) is 1. The van der Waals surface area contributed by atoms with Crippen LogP contribution in [-0.4, -0.2) is 16.5 Å². The van der Waals surface area contributed by atoms with E-state index < -0.39 is 0 Å². The quantitative estimate of drug-likeness (QED) is 0.888. The second kappa shape index (κ2) is 4.56. The normalized spacial score (nSPS) is 17.4. The third kappa shape index (κ3) is 1.94. The molecule has 1 aromatic carbocycles. The molecular weight excluding hydrogens is 222 g/mol. The molecule has 1 N–H and O–H groups in total. The van der Waals surface area contributed by atoms with Gasteiger partial charge in [0.2, 0.25) is 0 Å². The van der Waals surface area contributed by atoms with Crippen LogP contribution in [-0.2, 0) is 0 Å². The SMILES string of the molecule is CCC1(CNc2ncnc3ccccc23)CCC1. The molecule has 1 saturated carbocycles. The minimum absolute atomic E-state index is 0.506. The topological polar surface area (TPSA) is 37.8 Å². The Morgan fingerprint density at radius 1 is 1.22 bits per heavy atom. The molecule has 0 unspecified atom stereocenters. The fourth-order valence-corrected chi connectivity index (χ4v) is 2.75. The third-order valence-electron chi connectivity index (χ3n) is 4.34. The fourth-order valence-electron chi connectivity index (χ4n) is 2.75. The number of fused-ring (bicyclic) bond motifs is 1. The summed E-state index contributed by atoms with van der Waals surface area (Å²) in [6.45, 7) is 3.32. The van der Waals surface area contributed by atoms with Gasteiger partial charge in [-0.1, -0.05) is 25.5 Å². The molecule has 1 aliphatic rings. The maximum Gasteiger partial charge on any atom is 0.137 e. The molecule has 18 heavy (non-hydrogen) atoms. The molecule has 0 spiro atoms. The van der Waals surface area contributed by atoms with Crippen LogP contribution in [0.15, 0.2) is 30.6 Å². The Bertz CT molecular complexity index is 535. The van der Waals surface area contributed by atoms with Gasteiger partial charge in [-0.25, -0.2) is 9.97 Å². The molecule has 3 nitrogen and oxygen atoms in total. The largest absolute Gasteiger partial charge is 0.369 e. The van der Waals surface area contributed by atoms with Crippen LogP contribution < -0.4 is 5.32 Å². The molecule has 0 aliphatic heterocycles. The van der Waals surface area contributed by atoms with E-state index in [1.807, 2.05) is 18.2 Å². The molecule has 0 radical (unpaired) electrons. The first kappa shape index (κ1) is 11.5. The Hall–Kier alpha value is -1.64. The van der Waals surface area contributed by atoms with Crippen LogP contribution in [0, 0.1) is 5.41 Å². The van der Waals surface area contributed by atoms with E-state index in [0.29, 0.717) is 5.41 Å². The highest BCUT2D eigenvalue weighted by molar-refractivity contribution is 5.88. The van der Waals surface area contributed by atoms with Crippen LogP contribution >= 0.6 is 0 Å². The monoisotopic (exact) mass is 241 g/mol. The molecule has 0 saturated heterocycles. The summed E-state index contributed by atoms with van der Waals surface area (Å²) in [4.78, 5) is 8.67. The van der Waals surface area contributed by atoms with Crippen molar-refractivity contribution in [1.82, 2.24) is 9.97 Å².